The van der Waals surface area contributed by atoms with Crippen molar-refractivity contribution in [2.75, 3.05) is 5.73 Å². The van der Waals surface area contributed by atoms with Crippen LogP contribution in [0.1, 0.15) is 39.1 Å². The Morgan fingerprint density at radius 2 is 2.00 bits per heavy atom. The van der Waals surface area contributed by atoms with Crippen molar-refractivity contribution in [1.82, 2.24) is 9.55 Å². The van der Waals surface area contributed by atoms with Gasteiger partial charge in [-0.25, -0.2) is 9.37 Å². The monoisotopic (exact) mass is 261 g/mol. The van der Waals surface area contributed by atoms with Crippen molar-refractivity contribution < 1.29 is 4.39 Å². The fraction of sp³-hybridized carbons (Fsp3) is 0.400. The zero-order chi connectivity index (χ0) is 14.0. The normalized spacial score (nSPS) is 11.2. The van der Waals surface area contributed by atoms with Gasteiger partial charge in [-0.1, -0.05) is 19.1 Å². The zero-order valence-electron chi connectivity index (χ0n) is 11.7. The van der Waals surface area contributed by atoms with Crippen molar-refractivity contribution in [2.24, 2.45) is 0 Å². The average molecular weight is 261 g/mol. The van der Waals surface area contributed by atoms with Gasteiger partial charge in [0.2, 0.25) is 0 Å². The Kier molecular flexibility index (Phi) is 3.88. The second-order valence-electron chi connectivity index (χ2n) is 4.96. The first-order valence-corrected chi connectivity index (χ1v) is 6.67. The average Bonchev–Trinajstić information content (AvgIpc) is 2.67. The van der Waals surface area contributed by atoms with Crippen molar-refractivity contribution >= 4 is 5.82 Å². The Hall–Kier alpha value is -1.84. The van der Waals surface area contributed by atoms with Crippen LogP contribution < -0.4 is 5.73 Å². The Labute approximate surface area is 113 Å². The van der Waals surface area contributed by atoms with Crippen LogP contribution in [0.15, 0.2) is 24.3 Å². The number of nitrogens with two attached hydrogens (primary N) is 1. The van der Waals surface area contributed by atoms with Crippen LogP contribution in [0.4, 0.5) is 10.2 Å². The van der Waals surface area contributed by atoms with Gasteiger partial charge in [0.1, 0.15) is 23.2 Å². The molecule has 0 fully saturated rings. The number of nitrogens with zero attached hydrogens (tertiary/aromatic N) is 2. The topological polar surface area (TPSA) is 43.8 Å². The molecule has 0 aliphatic heterocycles. The van der Waals surface area contributed by atoms with Gasteiger partial charge in [-0.3, -0.25) is 0 Å². The van der Waals surface area contributed by atoms with Crippen LogP contribution in [0, 0.1) is 5.82 Å². The number of imidazole rings is 1. The van der Waals surface area contributed by atoms with Gasteiger partial charge in [-0.05, 0) is 32.4 Å². The van der Waals surface area contributed by atoms with Crippen LogP contribution in [-0.2, 0) is 6.42 Å². The number of hydrogen-bond acceptors (Lipinski definition) is 2. The minimum absolute atomic E-state index is 0.217. The van der Waals surface area contributed by atoms with E-state index in [1.54, 1.807) is 18.2 Å². The molecule has 2 rings (SSSR count). The summed E-state index contributed by atoms with van der Waals surface area (Å²) in [5.41, 5.74) is 7.19. The Balaban J connectivity index is 2.59. The molecule has 0 bridgehead atoms. The van der Waals surface area contributed by atoms with Crippen molar-refractivity contribution in [2.45, 2.75) is 39.7 Å². The molecular formula is C15H20FN3. The van der Waals surface area contributed by atoms with Crippen molar-refractivity contribution in [1.29, 1.82) is 0 Å². The number of rotatable bonds is 4. The summed E-state index contributed by atoms with van der Waals surface area (Å²) >= 11 is 0. The summed E-state index contributed by atoms with van der Waals surface area (Å²) in [5.74, 6) is 1.18. The lowest BCUT2D eigenvalue weighted by molar-refractivity contribution is 0.571. The maximum Gasteiger partial charge on any atom is 0.132 e. The van der Waals surface area contributed by atoms with Gasteiger partial charge >= 0.3 is 0 Å². The molecule has 19 heavy (non-hydrogen) atoms. The SMILES string of the molecule is CCCc1nc(-c2ccccc2F)c(N)n1C(C)C. The number of hydrogen-bond donors (Lipinski definition) is 1. The van der Waals surface area contributed by atoms with E-state index in [1.165, 1.54) is 6.07 Å². The first-order valence-electron chi connectivity index (χ1n) is 6.67. The molecule has 0 radical (unpaired) electrons. The summed E-state index contributed by atoms with van der Waals surface area (Å²) in [6.07, 6.45) is 1.83. The van der Waals surface area contributed by atoms with E-state index in [2.05, 4.69) is 25.8 Å². The van der Waals surface area contributed by atoms with E-state index in [9.17, 15) is 4.39 Å². The fourth-order valence-electron chi connectivity index (χ4n) is 2.32. The molecule has 1 aromatic heterocycles. The summed E-state index contributed by atoms with van der Waals surface area (Å²) in [4.78, 5) is 4.55. The third kappa shape index (κ3) is 2.48. The van der Waals surface area contributed by atoms with E-state index < -0.39 is 0 Å². The smallest absolute Gasteiger partial charge is 0.132 e. The van der Waals surface area contributed by atoms with Gasteiger partial charge in [0, 0.05) is 18.0 Å². The van der Waals surface area contributed by atoms with Crippen LogP contribution in [0.3, 0.4) is 0 Å². The van der Waals surface area contributed by atoms with Crippen LogP contribution in [-0.4, -0.2) is 9.55 Å². The minimum Gasteiger partial charge on any atom is -0.383 e. The number of nitrogen functional groups attached to an aromatic ring is 1. The number of aromatic nitrogens is 2. The molecule has 102 valence electrons. The van der Waals surface area contributed by atoms with Gasteiger partial charge in [0.25, 0.3) is 0 Å². The minimum atomic E-state index is -0.286. The van der Waals surface area contributed by atoms with E-state index in [0.29, 0.717) is 17.1 Å². The summed E-state index contributed by atoms with van der Waals surface area (Å²) in [6.45, 7) is 6.21. The number of anilines is 1. The van der Waals surface area contributed by atoms with Crippen molar-refractivity contribution in [3.8, 4) is 11.3 Å². The van der Waals surface area contributed by atoms with E-state index in [4.69, 9.17) is 5.73 Å². The summed E-state index contributed by atoms with van der Waals surface area (Å²) in [5, 5.41) is 0. The molecule has 0 atom stereocenters. The summed E-state index contributed by atoms with van der Waals surface area (Å²) in [6, 6.07) is 6.83. The molecule has 1 heterocycles. The van der Waals surface area contributed by atoms with Crippen LogP contribution in [0.25, 0.3) is 11.3 Å². The van der Waals surface area contributed by atoms with E-state index >= 15 is 0 Å². The first-order chi connectivity index (χ1) is 9.06. The van der Waals surface area contributed by atoms with E-state index in [0.717, 1.165) is 18.7 Å². The van der Waals surface area contributed by atoms with Crippen molar-refractivity contribution in [3.05, 3.63) is 35.9 Å². The lowest BCUT2D eigenvalue weighted by Crippen LogP contribution is -2.09. The lowest BCUT2D eigenvalue weighted by atomic mass is 10.1. The van der Waals surface area contributed by atoms with Crippen LogP contribution >= 0.6 is 0 Å². The maximum atomic E-state index is 13.9. The molecule has 0 unspecified atom stereocenters. The highest BCUT2D eigenvalue weighted by molar-refractivity contribution is 5.71. The molecule has 2 aromatic rings. The second-order valence-corrected chi connectivity index (χ2v) is 4.96. The quantitative estimate of drug-likeness (QED) is 0.909. The summed E-state index contributed by atoms with van der Waals surface area (Å²) < 4.78 is 15.9. The predicted molar refractivity (Wildman–Crippen MR) is 76.4 cm³/mol. The number of halogens is 1. The Morgan fingerprint density at radius 1 is 1.32 bits per heavy atom. The highest BCUT2D eigenvalue weighted by Gasteiger charge is 2.19. The number of aryl methyl sites for hydroxylation is 1. The molecule has 2 N–H and O–H groups in total. The number of benzene rings is 1. The largest absolute Gasteiger partial charge is 0.383 e. The van der Waals surface area contributed by atoms with Crippen molar-refractivity contribution in [3.63, 3.8) is 0 Å². The van der Waals surface area contributed by atoms with E-state index in [-0.39, 0.29) is 11.9 Å². The molecule has 0 saturated heterocycles. The highest BCUT2D eigenvalue weighted by atomic mass is 19.1. The second kappa shape index (κ2) is 5.43. The summed E-state index contributed by atoms with van der Waals surface area (Å²) in [7, 11) is 0. The Bertz CT molecular complexity index is 573. The van der Waals surface area contributed by atoms with Crippen LogP contribution in [0.5, 0.6) is 0 Å². The first kappa shape index (κ1) is 13.6. The molecule has 0 saturated carbocycles. The zero-order valence-corrected chi connectivity index (χ0v) is 11.7. The highest BCUT2D eigenvalue weighted by Crippen LogP contribution is 2.31. The van der Waals surface area contributed by atoms with Gasteiger partial charge < -0.3 is 10.3 Å². The van der Waals surface area contributed by atoms with Gasteiger partial charge in [-0.15, -0.1) is 0 Å². The molecule has 4 heteroatoms. The van der Waals surface area contributed by atoms with Crippen LogP contribution in [0.2, 0.25) is 0 Å². The lowest BCUT2D eigenvalue weighted by Gasteiger charge is -2.13. The molecule has 3 nitrogen and oxygen atoms in total. The van der Waals surface area contributed by atoms with Gasteiger partial charge in [-0.2, -0.15) is 0 Å². The molecule has 1 aromatic carbocycles. The molecule has 0 spiro atoms. The molecular weight excluding hydrogens is 241 g/mol. The Morgan fingerprint density at radius 3 is 2.58 bits per heavy atom. The third-order valence-electron chi connectivity index (χ3n) is 3.14. The standard InChI is InChI=1S/C15H20FN3/c1-4-7-13-18-14(15(17)19(13)10(2)3)11-8-5-6-9-12(11)16/h5-6,8-10H,4,7,17H2,1-3H3. The van der Waals surface area contributed by atoms with Gasteiger partial charge in [0.05, 0.1) is 0 Å². The fourth-order valence-corrected chi connectivity index (χ4v) is 2.32. The predicted octanol–water partition coefficient (Wildman–Crippen LogP) is 3.80. The maximum absolute atomic E-state index is 13.9. The molecule has 0 aliphatic carbocycles. The molecule has 0 aliphatic rings. The van der Waals surface area contributed by atoms with E-state index in [1.807, 2.05) is 4.57 Å². The van der Waals surface area contributed by atoms with Gasteiger partial charge in [0.15, 0.2) is 0 Å². The third-order valence-corrected chi connectivity index (χ3v) is 3.14. The molecule has 0 amide bonds.